The van der Waals surface area contributed by atoms with Crippen LogP contribution in [0.3, 0.4) is 0 Å². The number of halogens is 2. The highest BCUT2D eigenvalue weighted by atomic mass is 127. The molecular weight excluding hydrogens is 686 g/mol. The molecule has 0 saturated carbocycles. The van der Waals surface area contributed by atoms with Crippen molar-refractivity contribution < 1.29 is 28.5 Å². The molecule has 0 aliphatic rings. The third kappa shape index (κ3) is 7.36. The lowest BCUT2D eigenvalue weighted by Gasteiger charge is -2.19. The number of hydrogen-bond donors (Lipinski definition) is 0. The minimum Gasteiger partial charge on any atom is -0.420 e. The first kappa shape index (κ1) is 28.7. The molecule has 194 valence electrons. The Balaban J connectivity index is 2.05. The summed E-state index contributed by atoms with van der Waals surface area (Å²) in [5.74, 6) is 0.785. The van der Waals surface area contributed by atoms with Crippen LogP contribution in [-0.4, -0.2) is 20.5 Å². The number of aryl methyl sites for hydroxylation is 1. The van der Waals surface area contributed by atoms with E-state index in [1.165, 1.54) is 0 Å². The maximum Gasteiger partial charge on any atom is 0.514 e. The maximum absolute atomic E-state index is 12.8. The van der Waals surface area contributed by atoms with Gasteiger partial charge in [0.25, 0.3) is 0 Å². The molecule has 36 heavy (non-hydrogen) atoms. The number of rotatable bonds is 11. The average Bonchev–Trinajstić information content (AvgIpc) is 2.87. The summed E-state index contributed by atoms with van der Waals surface area (Å²) in [5.41, 5.74) is 0.964. The quantitative estimate of drug-likeness (QED) is 0.0647. The van der Waals surface area contributed by atoms with E-state index < -0.39 is 12.3 Å². The van der Waals surface area contributed by atoms with Crippen LogP contribution in [0.25, 0.3) is 21.5 Å². The number of carbonyl (C=O) groups excluding carboxylic acids is 2. The van der Waals surface area contributed by atoms with Crippen molar-refractivity contribution in [3.8, 4) is 11.5 Å². The summed E-state index contributed by atoms with van der Waals surface area (Å²) < 4.78 is 22.2. The van der Waals surface area contributed by atoms with Gasteiger partial charge in [0, 0.05) is 21.5 Å². The topological polar surface area (TPSA) is 71.1 Å². The molecule has 0 saturated heterocycles. The summed E-state index contributed by atoms with van der Waals surface area (Å²) >= 11 is 4.23. The van der Waals surface area contributed by atoms with Gasteiger partial charge in [0.15, 0.2) is 14.0 Å². The summed E-state index contributed by atoms with van der Waals surface area (Å²) in [7, 11) is 0. The summed E-state index contributed by atoms with van der Waals surface area (Å²) in [6, 6.07) is 13.2. The zero-order valence-corrected chi connectivity index (χ0v) is 25.2. The van der Waals surface area contributed by atoms with Gasteiger partial charge in [0.1, 0.15) is 5.75 Å². The highest BCUT2D eigenvalue weighted by Crippen LogP contribution is 2.44. The van der Waals surface area contributed by atoms with Crippen molar-refractivity contribution in [2.75, 3.05) is 0 Å². The third-order valence-electron chi connectivity index (χ3n) is 5.81. The maximum atomic E-state index is 12.8. The molecule has 0 aromatic heterocycles. The standard InChI is InChI=1S/C28H32I2O6/c1-4-7-16-22(29)33-27(31)35-25-19-13-9-10-14-20(19)26(24-18(6-3)12-11-15-21(24)25)36-28(32)34-23(30)17-8-5-2/h9-15,22-23H,4-8,16-17H2,1-3H3. The van der Waals surface area contributed by atoms with Crippen LogP contribution in [0.15, 0.2) is 42.5 Å². The van der Waals surface area contributed by atoms with E-state index in [4.69, 9.17) is 18.9 Å². The fourth-order valence-electron chi connectivity index (χ4n) is 4.00. The molecule has 0 radical (unpaired) electrons. The summed E-state index contributed by atoms with van der Waals surface area (Å²) in [6.45, 7) is 6.22. The third-order valence-corrected chi connectivity index (χ3v) is 7.56. The molecule has 0 amide bonds. The molecule has 0 heterocycles. The second-order valence-electron chi connectivity index (χ2n) is 8.44. The van der Waals surface area contributed by atoms with Crippen LogP contribution >= 0.6 is 45.2 Å². The van der Waals surface area contributed by atoms with Crippen molar-refractivity contribution in [3.05, 3.63) is 48.0 Å². The number of ether oxygens (including phenoxy) is 4. The monoisotopic (exact) mass is 718 g/mol. The fraction of sp³-hybridized carbons (Fsp3) is 0.429. The molecular formula is C28H32I2O6. The number of unbranched alkanes of at least 4 members (excludes halogenated alkanes) is 2. The van der Waals surface area contributed by atoms with Crippen molar-refractivity contribution in [1.29, 1.82) is 0 Å². The van der Waals surface area contributed by atoms with Gasteiger partial charge >= 0.3 is 12.3 Å². The van der Waals surface area contributed by atoms with E-state index in [0.717, 1.165) is 44.1 Å². The number of carbonyl (C=O) groups is 2. The number of benzene rings is 3. The largest absolute Gasteiger partial charge is 0.514 e. The minimum absolute atomic E-state index is 0.273. The molecule has 3 aromatic carbocycles. The molecule has 2 atom stereocenters. The lowest BCUT2D eigenvalue weighted by molar-refractivity contribution is 0.0905. The fourth-order valence-corrected chi connectivity index (χ4v) is 5.29. The van der Waals surface area contributed by atoms with Gasteiger partial charge in [0.05, 0.1) is 0 Å². The molecule has 0 spiro atoms. The van der Waals surface area contributed by atoms with E-state index in [-0.39, 0.29) is 8.22 Å². The Kier molecular flexibility index (Phi) is 11.3. The number of fused-ring (bicyclic) bond motifs is 2. The second kappa shape index (κ2) is 14.2. The van der Waals surface area contributed by atoms with Crippen LogP contribution in [0, 0.1) is 0 Å². The van der Waals surface area contributed by atoms with Crippen LogP contribution in [0.2, 0.25) is 0 Å². The van der Waals surface area contributed by atoms with Crippen LogP contribution in [0.1, 0.15) is 64.9 Å². The lowest BCUT2D eigenvalue weighted by atomic mass is 9.96. The van der Waals surface area contributed by atoms with Gasteiger partial charge < -0.3 is 18.9 Å². The van der Waals surface area contributed by atoms with Crippen LogP contribution in [-0.2, 0) is 15.9 Å². The zero-order valence-electron chi connectivity index (χ0n) is 20.9. The minimum atomic E-state index is -0.754. The molecule has 0 bridgehead atoms. The second-order valence-corrected chi connectivity index (χ2v) is 11.2. The molecule has 0 aliphatic heterocycles. The van der Waals surface area contributed by atoms with E-state index in [9.17, 15) is 9.59 Å². The van der Waals surface area contributed by atoms with Crippen LogP contribution in [0.5, 0.6) is 11.5 Å². The van der Waals surface area contributed by atoms with Crippen molar-refractivity contribution in [1.82, 2.24) is 0 Å². The predicted octanol–water partition coefficient (Wildman–Crippen LogP) is 9.49. The Morgan fingerprint density at radius 2 is 1.22 bits per heavy atom. The van der Waals surface area contributed by atoms with Gasteiger partial charge in [-0.1, -0.05) is 76.1 Å². The predicted molar refractivity (Wildman–Crippen MR) is 160 cm³/mol. The SMILES string of the molecule is CCCCC(I)OC(=O)Oc1c2ccccc2c(OC(=O)OC(I)CCCC)c2c(CC)cccc12. The van der Waals surface area contributed by atoms with Crippen LogP contribution in [0.4, 0.5) is 9.59 Å². The Hall–Kier alpha value is -1.82. The number of hydrogen-bond acceptors (Lipinski definition) is 6. The molecule has 8 heteroatoms. The van der Waals surface area contributed by atoms with Crippen LogP contribution < -0.4 is 9.47 Å². The first-order valence-corrected chi connectivity index (χ1v) is 14.9. The Morgan fingerprint density at radius 3 is 1.75 bits per heavy atom. The average molecular weight is 718 g/mol. The normalized spacial score (nSPS) is 12.8. The highest BCUT2D eigenvalue weighted by molar-refractivity contribution is 14.1. The molecule has 2 unspecified atom stereocenters. The lowest BCUT2D eigenvalue weighted by Crippen LogP contribution is -2.18. The molecule has 3 rings (SSSR count). The molecule has 0 N–H and O–H groups in total. The molecule has 0 fully saturated rings. The van der Waals surface area contributed by atoms with Crippen molar-refractivity contribution in [2.45, 2.75) is 73.9 Å². The highest BCUT2D eigenvalue weighted by Gasteiger charge is 2.24. The van der Waals surface area contributed by atoms with Gasteiger partial charge in [-0.3, -0.25) is 0 Å². The molecule has 3 aromatic rings. The van der Waals surface area contributed by atoms with E-state index in [1.54, 1.807) is 0 Å². The summed E-state index contributed by atoms with van der Waals surface area (Å²) in [4.78, 5) is 25.5. The Morgan fingerprint density at radius 1 is 0.722 bits per heavy atom. The van der Waals surface area contributed by atoms with Gasteiger partial charge in [-0.05, 0) is 82.8 Å². The van der Waals surface area contributed by atoms with E-state index in [2.05, 4.69) is 59.0 Å². The van der Waals surface area contributed by atoms with E-state index in [1.807, 2.05) is 49.4 Å². The van der Waals surface area contributed by atoms with E-state index >= 15 is 0 Å². The van der Waals surface area contributed by atoms with Gasteiger partial charge in [0.2, 0.25) is 0 Å². The molecule has 0 aliphatic carbocycles. The first-order chi connectivity index (χ1) is 17.4. The van der Waals surface area contributed by atoms with Crippen molar-refractivity contribution >= 4 is 79.0 Å². The van der Waals surface area contributed by atoms with Gasteiger partial charge in [-0.2, -0.15) is 0 Å². The van der Waals surface area contributed by atoms with Crippen molar-refractivity contribution in [3.63, 3.8) is 0 Å². The first-order valence-electron chi connectivity index (χ1n) is 12.4. The van der Waals surface area contributed by atoms with Gasteiger partial charge in [-0.15, -0.1) is 0 Å². The van der Waals surface area contributed by atoms with Crippen molar-refractivity contribution in [2.24, 2.45) is 0 Å². The zero-order chi connectivity index (χ0) is 26.1. The Labute approximate surface area is 239 Å². The Bertz CT molecular complexity index is 1200. The number of alkyl halides is 2. The summed E-state index contributed by atoms with van der Waals surface area (Å²) in [5, 5.41) is 2.69. The summed E-state index contributed by atoms with van der Waals surface area (Å²) in [6.07, 6.45) is 4.69. The van der Waals surface area contributed by atoms with E-state index in [0.29, 0.717) is 39.5 Å². The molecule has 6 nitrogen and oxygen atoms in total. The van der Waals surface area contributed by atoms with Gasteiger partial charge in [-0.25, -0.2) is 9.59 Å². The smallest absolute Gasteiger partial charge is 0.420 e.